The maximum Gasteiger partial charge on any atom is 0.256 e. The molecule has 1 aromatic heterocycles. The number of benzene rings is 3. The Balaban J connectivity index is 1.22. The summed E-state index contributed by atoms with van der Waals surface area (Å²) < 4.78 is 1.91. The van der Waals surface area contributed by atoms with Crippen molar-refractivity contribution in [3.8, 4) is 5.75 Å². The van der Waals surface area contributed by atoms with E-state index in [2.05, 4.69) is 6.58 Å². The van der Waals surface area contributed by atoms with E-state index in [0.717, 1.165) is 27.6 Å². The number of hydrazine groups is 1. The van der Waals surface area contributed by atoms with E-state index in [-0.39, 0.29) is 74.3 Å². The number of aryl methyl sites for hydroxylation is 2. The summed E-state index contributed by atoms with van der Waals surface area (Å²) in [7, 11) is 1.88. The van der Waals surface area contributed by atoms with E-state index in [4.69, 9.17) is 0 Å². The van der Waals surface area contributed by atoms with Gasteiger partial charge in [-0.05, 0) is 35.2 Å². The van der Waals surface area contributed by atoms with Gasteiger partial charge in [0.2, 0.25) is 23.6 Å². The second-order valence-corrected chi connectivity index (χ2v) is 14.5. The van der Waals surface area contributed by atoms with E-state index in [0.29, 0.717) is 38.2 Å². The molecule has 5 amide bonds. The number of hydrogen-bond donors (Lipinski definition) is 1. The Morgan fingerprint density at radius 3 is 2.29 bits per heavy atom. The smallest absolute Gasteiger partial charge is 0.256 e. The molecule has 3 saturated heterocycles. The van der Waals surface area contributed by atoms with Crippen LogP contribution in [0.25, 0.3) is 10.9 Å². The number of amides is 5. The van der Waals surface area contributed by atoms with Crippen LogP contribution in [-0.4, -0.2) is 127 Å². The Labute approximate surface area is 320 Å². The summed E-state index contributed by atoms with van der Waals surface area (Å²) in [6.07, 6.45) is 3.62. The molecule has 2 atom stereocenters. The zero-order valence-corrected chi connectivity index (χ0v) is 31.3. The van der Waals surface area contributed by atoms with Crippen LogP contribution in [0.1, 0.15) is 40.4 Å². The zero-order chi connectivity index (χ0) is 38.8. The molecule has 4 aromatic rings. The van der Waals surface area contributed by atoms with Crippen LogP contribution in [0.5, 0.6) is 5.75 Å². The van der Waals surface area contributed by atoms with Crippen LogP contribution in [0.2, 0.25) is 0 Å². The molecule has 0 spiro atoms. The van der Waals surface area contributed by atoms with Gasteiger partial charge < -0.3 is 29.3 Å². The number of fused-ring (bicyclic) bond motifs is 2. The summed E-state index contributed by atoms with van der Waals surface area (Å²) in [6.45, 7) is 7.72. The molecule has 3 aliphatic rings. The molecule has 13 heteroatoms. The first-order chi connectivity index (χ1) is 26.5. The van der Waals surface area contributed by atoms with Crippen LogP contribution < -0.4 is 0 Å². The molecule has 0 bridgehead atoms. The van der Waals surface area contributed by atoms with E-state index < -0.39 is 12.2 Å². The number of phenols is 1. The van der Waals surface area contributed by atoms with Gasteiger partial charge in [-0.1, -0.05) is 66.7 Å². The zero-order valence-electron chi connectivity index (χ0n) is 31.3. The summed E-state index contributed by atoms with van der Waals surface area (Å²) >= 11 is 0. The number of para-hydroxylation sites is 1. The highest BCUT2D eigenvalue weighted by Crippen LogP contribution is 2.32. The van der Waals surface area contributed by atoms with Crippen LogP contribution in [0.15, 0.2) is 91.6 Å². The minimum atomic E-state index is -0.912. The number of hydrogen-bond acceptors (Lipinski definition) is 7. The minimum absolute atomic E-state index is 0.00624. The number of aromatic nitrogens is 1. The molecule has 3 aliphatic heterocycles. The summed E-state index contributed by atoms with van der Waals surface area (Å²) in [5.74, 6) is -0.701. The topological polar surface area (TPSA) is 130 Å². The lowest BCUT2D eigenvalue weighted by atomic mass is 9.97. The summed E-state index contributed by atoms with van der Waals surface area (Å²) in [6, 6.07) is 21.2. The van der Waals surface area contributed by atoms with E-state index >= 15 is 0 Å². The average Bonchev–Trinajstić information content (AvgIpc) is 3.53. The van der Waals surface area contributed by atoms with Gasteiger partial charge in [0.1, 0.15) is 18.0 Å². The van der Waals surface area contributed by atoms with Gasteiger partial charge in [0.15, 0.2) is 0 Å². The lowest BCUT2D eigenvalue weighted by molar-refractivity contribution is -0.205. The maximum atomic E-state index is 14.7. The number of aromatic hydroxyl groups is 1. The molecule has 0 saturated carbocycles. The average molecular weight is 746 g/mol. The van der Waals surface area contributed by atoms with Crippen LogP contribution >= 0.6 is 0 Å². The van der Waals surface area contributed by atoms with Crippen LogP contribution in [0, 0.1) is 0 Å². The quantitative estimate of drug-likeness (QED) is 0.247. The van der Waals surface area contributed by atoms with Gasteiger partial charge in [0.25, 0.3) is 5.91 Å². The number of rotatable bonds is 10. The van der Waals surface area contributed by atoms with Gasteiger partial charge in [-0.3, -0.25) is 24.0 Å². The fourth-order valence-electron chi connectivity index (χ4n) is 8.22. The molecule has 1 N–H and O–H groups in total. The molecule has 286 valence electrons. The molecule has 4 heterocycles. The molecule has 3 aromatic carbocycles. The highest BCUT2D eigenvalue weighted by atomic mass is 16.3. The molecule has 13 nitrogen and oxygen atoms in total. The molecule has 0 unspecified atom stereocenters. The van der Waals surface area contributed by atoms with Crippen LogP contribution in [0.4, 0.5) is 0 Å². The third-order valence-electron chi connectivity index (χ3n) is 11.0. The van der Waals surface area contributed by atoms with Crippen molar-refractivity contribution in [1.82, 2.24) is 34.2 Å². The molecule has 0 radical (unpaired) electrons. The van der Waals surface area contributed by atoms with Gasteiger partial charge >= 0.3 is 0 Å². The largest absolute Gasteiger partial charge is 0.508 e. The first-order valence-electron chi connectivity index (χ1n) is 18.7. The first kappa shape index (κ1) is 37.4. The van der Waals surface area contributed by atoms with Crippen molar-refractivity contribution in [1.29, 1.82) is 0 Å². The molecular weight excluding hydrogens is 699 g/mol. The van der Waals surface area contributed by atoms with Crippen molar-refractivity contribution in [2.24, 2.45) is 7.05 Å². The Morgan fingerprint density at radius 1 is 0.891 bits per heavy atom. The van der Waals surface area contributed by atoms with E-state index in [1.165, 1.54) is 6.92 Å². The third-order valence-corrected chi connectivity index (χ3v) is 11.0. The van der Waals surface area contributed by atoms with Gasteiger partial charge in [-0.15, -0.1) is 6.58 Å². The van der Waals surface area contributed by atoms with Gasteiger partial charge in [-0.25, -0.2) is 10.0 Å². The first-order valence-corrected chi connectivity index (χ1v) is 18.7. The normalized spacial score (nSPS) is 19.2. The van der Waals surface area contributed by atoms with Gasteiger partial charge in [0, 0.05) is 77.7 Å². The highest BCUT2D eigenvalue weighted by Gasteiger charge is 2.51. The monoisotopic (exact) mass is 745 g/mol. The lowest BCUT2D eigenvalue weighted by Gasteiger charge is -2.55. The second-order valence-electron chi connectivity index (χ2n) is 14.5. The Hall–Kier alpha value is -5.95. The van der Waals surface area contributed by atoms with E-state index in [1.54, 1.807) is 60.0 Å². The lowest BCUT2D eigenvalue weighted by Crippen LogP contribution is -2.75. The maximum absolute atomic E-state index is 14.7. The standard InChI is InChI=1S/C42H47N7O6/c1-4-19-47-28-39(53)48-36(24-31-13-16-33(51)17-14-31)42(55)46(27-37(48)49(47)38(52)18-15-30-9-6-5-7-10-30)25-32-11-8-12-34-35(26-43(3)40(32)34)41(54)45-22-20-44(21-23-45)29(2)50/h4-14,16-17,26,36-37,51H,1,15,18-25,27-28H2,2-3H3/t36-,37-/m0/s1. The van der Waals surface area contributed by atoms with Gasteiger partial charge in [0.05, 0.1) is 24.2 Å². The molecule has 7 rings (SSSR count). The summed E-state index contributed by atoms with van der Waals surface area (Å²) in [5.41, 5.74) is 3.95. The number of carbonyl (C=O) groups is 5. The van der Waals surface area contributed by atoms with E-state index in [9.17, 15) is 29.1 Å². The molecule has 55 heavy (non-hydrogen) atoms. The van der Waals surface area contributed by atoms with Crippen molar-refractivity contribution >= 4 is 40.4 Å². The summed E-state index contributed by atoms with van der Waals surface area (Å²) in [4.78, 5) is 75.5. The van der Waals surface area contributed by atoms with E-state index in [1.807, 2.05) is 66.3 Å². The van der Waals surface area contributed by atoms with Crippen LogP contribution in [-0.2, 0) is 45.6 Å². The third kappa shape index (κ3) is 7.57. The summed E-state index contributed by atoms with van der Waals surface area (Å²) in [5, 5.41) is 14.1. The number of phenolic OH excluding ortho intramolecular Hbond substituents is 1. The van der Waals surface area contributed by atoms with Crippen molar-refractivity contribution in [2.75, 3.05) is 45.8 Å². The number of piperazine rings is 2. The SMILES string of the molecule is C=CCN1CC(=O)N2[C@@H](Cc3ccc(O)cc3)C(=O)N(Cc3cccc4c(C(=O)N5CCN(C(C)=O)CC5)cn(C)c34)C[C@@H]2N1C(=O)CCc1ccccc1. The molecular formula is C42H47N7O6. The predicted molar refractivity (Wildman–Crippen MR) is 206 cm³/mol. The Kier molecular flexibility index (Phi) is 10.7. The van der Waals surface area contributed by atoms with Gasteiger partial charge in [-0.2, -0.15) is 0 Å². The minimum Gasteiger partial charge on any atom is -0.508 e. The highest BCUT2D eigenvalue weighted by molar-refractivity contribution is 6.08. The fraction of sp³-hybridized carbons (Fsp3) is 0.357. The molecule has 0 aliphatic carbocycles. The van der Waals surface area contributed by atoms with Crippen LogP contribution in [0.3, 0.4) is 0 Å². The number of nitrogens with zero attached hydrogens (tertiary/aromatic N) is 7. The molecule has 3 fully saturated rings. The van der Waals surface area contributed by atoms with Crippen molar-refractivity contribution in [3.05, 3.63) is 114 Å². The fourth-order valence-corrected chi connectivity index (χ4v) is 8.22. The predicted octanol–water partition coefficient (Wildman–Crippen LogP) is 3.17. The van der Waals surface area contributed by atoms with Crippen molar-refractivity contribution in [3.63, 3.8) is 0 Å². The Morgan fingerprint density at radius 2 is 1.60 bits per heavy atom. The number of carbonyl (C=O) groups excluding carboxylic acids is 5. The van der Waals surface area contributed by atoms with Crippen molar-refractivity contribution < 1.29 is 29.1 Å². The second kappa shape index (κ2) is 15.8. The Bertz CT molecular complexity index is 2110. The van der Waals surface area contributed by atoms with Crippen molar-refractivity contribution in [2.45, 2.75) is 44.9 Å².